The molecule has 0 spiro atoms. The molecule has 0 radical (unpaired) electrons. The van der Waals surface area contributed by atoms with Crippen LogP contribution in [0, 0.1) is 0 Å². The Morgan fingerprint density at radius 1 is 1.50 bits per heavy atom. The van der Waals surface area contributed by atoms with Gasteiger partial charge < -0.3 is 15.8 Å². The van der Waals surface area contributed by atoms with Crippen molar-refractivity contribution < 1.29 is 4.74 Å². The first-order valence-electron chi connectivity index (χ1n) is 6.12. The maximum absolute atomic E-state index is 5.94. The first kappa shape index (κ1) is 19.1. The molecule has 0 atom stereocenters. The molecule has 0 saturated carbocycles. The predicted octanol–water partition coefficient (Wildman–Crippen LogP) is 3.34. The van der Waals surface area contributed by atoms with Gasteiger partial charge >= 0.3 is 0 Å². The van der Waals surface area contributed by atoms with Gasteiger partial charge in [0.2, 0.25) is 0 Å². The van der Waals surface area contributed by atoms with Gasteiger partial charge in [-0.2, -0.15) is 0 Å². The van der Waals surface area contributed by atoms with E-state index in [2.05, 4.69) is 16.9 Å². The van der Waals surface area contributed by atoms with Crippen LogP contribution in [0.15, 0.2) is 35.3 Å². The monoisotopic (exact) mass is 409 g/mol. The van der Waals surface area contributed by atoms with Crippen LogP contribution >= 0.6 is 35.6 Å². The van der Waals surface area contributed by atoms with E-state index in [4.69, 9.17) is 22.1 Å². The molecule has 0 bridgehead atoms. The lowest BCUT2D eigenvalue weighted by Gasteiger charge is -2.10. The van der Waals surface area contributed by atoms with Gasteiger partial charge in [0.05, 0.1) is 13.2 Å². The van der Waals surface area contributed by atoms with E-state index in [1.165, 1.54) is 0 Å². The van der Waals surface area contributed by atoms with Crippen LogP contribution in [0.2, 0.25) is 5.02 Å². The van der Waals surface area contributed by atoms with Gasteiger partial charge in [-0.3, -0.25) is 0 Å². The van der Waals surface area contributed by atoms with Crippen molar-refractivity contribution in [1.82, 2.24) is 5.32 Å². The lowest BCUT2D eigenvalue weighted by atomic mass is 10.2. The summed E-state index contributed by atoms with van der Waals surface area (Å²) in [7, 11) is 0. The Bertz CT molecular complexity index is 477. The highest BCUT2D eigenvalue weighted by molar-refractivity contribution is 14.0. The van der Waals surface area contributed by atoms with Crippen LogP contribution in [0.4, 0.5) is 0 Å². The smallest absolute Gasteiger partial charge is 0.189 e. The molecule has 0 aliphatic rings. The summed E-state index contributed by atoms with van der Waals surface area (Å²) in [6.45, 7) is 9.29. The molecule has 1 aromatic carbocycles. The van der Waals surface area contributed by atoms with E-state index in [1.807, 2.05) is 26.0 Å². The van der Waals surface area contributed by atoms with Crippen molar-refractivity contribution in [3.05, 3.63) is 40.9 Å². The minimum absolute atomic E-state index is 0. The second kappa shape index (κ2) is 9.88. The highest BCUT2D eigenvalue weighted by Crippen LogP contribution is 2.24. The fraction of sp³-hybridized carbons (Fsp3) is 0.357. The predicted molar refractivity (Wildman–Crippen MR) is 96.2 cm³/mol. The number of nitrogens with two attached hydrogens (primary N) is 1. The number of nitrogens with zero attached hydrogens (tertiary/aromatic N) is 1. The summed E-state index contributed by atoms with van der Waals surface area (Å²) < 4.78 is 5.52. The van der Waals surface area contributed by atoms with Gasteiger partial charge in [-0.15, -0.1) is 24.0 Å². The van der Waals surface area contributed by atoms with Crippen molar-refractivity contribution in [1.29, 1.82) is 0 Å². The molecule has 0 fully saturated rings. The Kier molecular flexibility index (Phi) is 9.41. The quantitative estimate of drug-likeness (QED) is 0.328. The van der Waals surface area contributed by atoms with Crippen LogP contribution in [0.25, 0.3) is 0 Å². The normalized spacial score (nSPS) is 10.7. The number of benzene rings is 1. The lowest BCUT2D eigenvalue weighted by molar-refractivity contribution is 0.336. The van der Waals surface area contributed by atoms with E-state index in [-0.39, 0.29) is 24.0 Å². The van der Waals surface area contributed by atoms with Gasteiger partial charge in [-0.1, -0.05) is 29.8 Å². The molecule has 0 aromatic heterocycles. The molecule has 3 N–H and O–H groups in total. The van der Waals surface area contributed by atoms with Crippen LogP contribution in [0.5, 0.6) is 5.75 Å². The molecule has 20 heavy (non-hydrogen) atoms. The summed E-state index contributed by atoms with van der Waals surface area (Å²) in [6, 6.07) is 5.49. The van der Waals surface area contributed by atoms with Crippen LogP contribution in [0.1, 0.15) is 19.4 Å². The fourth-order valence-electron chi connectivity index (χ4n) is 1.42. The average molecular weight is 410 g/mol. The maximum atomic E-state index is 5.94. The van der Waals surface area contributed by atoms with Crippen molar-refractivity contribution in [3.8, 4) is 5.75 Å². The Morgan fingerprint density at radius 2 is 2.20 bits per heavy atom. The van der Waals surface area contributed by atoms with Crippen molar-refractivity contribution >= 4 is 41.5 Å². The molecule has 0 heterocycles. The summed E-state index contributed by atoms with van der Waals surface area (Å²) in [5.41, 5.74) is 7.70. The largest absolute Gasteiger partial charge is 0.493 e. The molecular weight excluding hydrogens is 389 g/mol. The molecule has 0 aliphatic carbocycles. The number of hydrogen-bond donors (Lipinski definition) is 2. The summed E-state index contributed by atoms with van der Waals surface area (Å²) >= 11 is 5.94. The Balaban J connectivity index is 0.00000361. The van der Waals surface area contributed by atoms with Gasteiger partial charge in [0.1, 0.15) is 5.75 Å². The number of nitrogens with one attached hydrogen (secondary N) is 1. The van der Waals surface area contributed by atoms with E-state index in [0.717, 1.165) is 16.9 Å². The van der Waals surface area contributed by atoms with Crippen molar-refractivity contribution in [2.24, 2.45) is 10.7 Å². The number of rotatable bonds is 6. The van der Waals surface area contributed by atoms with E-state index < -0.39 is 0 Å². The van der Waals surface area contributed by atoms with Crippen LogP contribution in [0.3, 0.4) is 0 Å². The van der Waals surface area contributed by atoms with E-state index in [1.54, 1.807) is 6.07 Å². The topological polar surface area (TPSA) is 59.6 Å². The van der Waals surface area contributed by atoms with Gasteiger partial charge in [0.15, 0.2) is 5.96 Å². The Morgan fingerprint density at radius 3 is 2.80 bits per heavy atom. The number of guanidine groups is 1. The lowest BCUT2D eigenvalue weighted by Crippen LogP contribution is -2.32. The zero-order valence-electron chi connectivity index (χ0n) is 11.8. The molecule has 6 heteroatoms. The van der Waals surface area contributed by atoms with E-state index in [0.29, 0.717) is 30.7 Å². The molecular formula is C14H21ClIN3O. The molecule has 0 amide bonds. The third kappa shape index (κ3) is 7.00. The number of ether oxygens (including phenoxy) is 1. The molecule has 0 aliphatic heterocycles. The van der Waals surface area contributed by atoms with Gasteiger partial charge in [-0.05, 0) is 26.0 Å². The summed E-state index contributed by atoms with van der Waals surface area (Å²) in [5.74, 6) is 1.13. The SMILES string of the molecule is C=C(C)CNC(N)=NCc1ccc(Cl)cc1OCC.I. The number of hydrogen-bond acceptors (Lipinski definition) is 2. The molecule has 0 unspecified atom stereocenters. The maximum Gasteiger partial charge on any atom is 0.189 e. The van der Waals surface area contributed by atoms with E-state index in [9.17, 15) is 0 Å². The molecule has 1 rings (SSSR count). The highest BCUT2D eigenvalue weighted by atomic mass is 127. The second-order valence-electron chi connectivity index (χ2n) is 4.20. The summed E-state index contributed by atoms with van der Waals surface area (Å²) in [6.07, 6.45) is 0. The third-order valence-electron chi connectivity index (χ3n) is 2.32. The van der Waals surface area contributed by atoms with Crippen molar-refractivity contribution in [3.63, 3.8) is 0 Å². The molecule has 1 aromatic rings. The average Bonchev–Trinajstić information content (AvgIpc) is 2.35. The first-order valence-corrected chi connectivity index (χ1v) is 6.50. The number of aliphatic imine (C=N–C) groups is 1. The van der Waals surface area contributed by atoms with Gasteiger partial charge in [0.25, 0.3) is 0 Å². The second-order valence-corrected chi connectivity index (χ2v) is 4.63. The standard InChI is InChI=1S/C14H20ClN3O.HI/c1-4-19-13-7-12(15)6-5-11(13)9-18-14(16)17-8-10(2)3;/h5-7H,2,4,8-9H2,1,3H3,(H3,16,17,18);1H. The summed E-state index contributed by atoms with van der Waals surface area (Å²) in [4.78, 5) is 4.26. The van der Waals surface area contributed by atoms with Crippen LogP contribution in [-0.2, 0) is 6.54 Å². The molecule has 112 valence electrons. The minimum Gasteiger partial charge on any atom is -0.493 e. The first-order chi connectivity index (χ1) is 9.02. The van der Waals surface area contributed by atoms with Crippen molar-refractivity contribution in [2.45, 2.75) is 20.4 Å². The van der Waals surface area contributed by atoms with Gasteiger partial charge in [0, 0.05) is 17.1 Å². The minimum atomic E-state index is 0. The number of halogens is 2. The summed E-state index contributed by atoms with van der Waals surface area (Å²) in [5, 5.41) is 3.62. The van der Waals surface area contributed by atoms with Crippen molar-refractivity contribution in [2.75, 3.05) is 13.2 Å². The molecule has 0 saturated heterocycles. The highest BCUT2D eigenvalue weighted by Gasteiger charge is 2.04. The Labute approximate surface area is 142 Å². The zero-order chi connectivity index (χ0) is 14.3. The fourth-order valence-corrected chi connectivity index (χ4v) is 1.58. The zero-order valence-corrected chi connectivity index (χ0v) is 14.9. The van der Waals surface area contributed by atoms with E-state index >= 15 is 0 Å². The Hall–Kier alpha value is -0.950. The third-order valence-corrected chi connectivity index (χ3v) is 2.56. The van der Waals surface area contributed by atoms with Crippen LogP contribution in [-0.4, -0.2) is 19.1 Å². The van der Waals surface area contributed by atoms with Crippen LogP contribution < -0.4 is 15.8 Å². The molecule has 4 nitrogen and oxygen atoms in total. The van der Waals surface area contributed by atoms with Gasteiger partial charge in [-0.25, -0.2) is 4.99 Å².